The predicted molar refractivity (Wildman–Crippen MR) is 61.2 cm³/mol. The van der Waals surface area contributed by atoms with Gasteiger partial charge in [0, 0.05) is 4.48 Å². The van der Waals surface area contributed by atoms with Crippen LogP contribution >= 0.6 is 15.9 Å². The van der Waals surface area contributed by atoms with Gasteiger partial charge in [-0.3, -0.25) is 0 Å². The lowest BCUT2D eigenvalue weighted by atomic mass is 10.3. The van der Waals surface area contributed by atoms with Crippen LogP contribution in [0.15, 0.2) is 34.8 Å². The first-order chi connectivity index (χ1) is 6.76. The molecule has 2 nitrogen and oxygen atoms in total. The monoisotopic (exact) mass is 256 g/mol. The molecule has 0 spiro atoms. The van der Waals surface area contributed by atoms with Gasteiger partial charge in [-0.15, -0.1) is 0 Å². The first-order valence-corrected chi connectivity index (χ1v) is 5.13. The summed E-state index contributed by atoms with van der Waals surface area (Å²) >= 11 is 3.37. The lowest BCUT2D eigenvalue weighted by molar-refractivity contribution is 0.358. The molecule has 0 bridgehead atoms. The van der Waals surface area contributed by atoms with Gasteiger partial charge >= 0.3 is 0 Å². The molecule has 14 heavy (non-hydrogen) atoms. The number of benzene rings is 1. The Bertz CT molecular complexity index is 304. The van der Waals surface area contributed by atoms with E-state index in [2.05, 4.69) is 15.9 Å². The largest absolute Gasteiger partial charge is 0.497 e. The van der Waals surface area contributed by atoms with E-state index in [-0.39, 0.29) is 0 Å². The highest BCUT2D eigenvalue weighted by Crippen LogP contribution is 2.18. The molecule has 1 aromatic rings. The Morgan fingerprint density at radius 1 is 1.29 bits per heavy atom. The van der Waals surface area contributed by atoms with Crippen LogP contribution in [0, 0.1) is 0 Å². The van der Waals surface area contributed by atoms with Gasteiger partial charge in [-0.2, -0.15) is 0 Å². The molecule has 0 aliphatic carbocycles. The number of methoxy groups -OCH3 is 1. The number of hydrogen-bond donors (Lipinski definition) is 0. The molecule has 0 heterocycles. The van der Waals surface area contributed by atoms with Crippen LogP contribution < -0.4 is 9.47 Å². The van der Waals surface area contributed by atoms with Crippen molar-refractivity contribution < 1.29 is 9.47 Å². The fourth-order valence-corrected chi connectivity index (χ4v) is 1.02. The summed E-state index contributed by atoms with van der Waals surface area (Å²) in [6, 6.07) is 7.52. The third-order valence-corrected chi connectivity index (χ3v) is 2.44. The molecule has 1 rings (SSSR count). The number of allylic oxidation sites excluding steroid dienone is 1. The van der Waals surface area contributed by atoms with E-state index in [4.69, 9.17) is 9.47 Å². The normalized spacial score (nSPS) is 11.2. The van der Waals surface area contributed by atoms with Crippen LogP contribution in [-0.2, 0) is 0 Å². The molecule has 0 fully saturated rings. The van der Waals surface area contributed by atoms with Crippen LogP contribution in [-0.4, -0.2) is 13.7 Å². The van der Waals surface area contributed by atoms with Crippen molar-refractivity contribution in [2.45, 2.75) is 6.92 Å². The number of ether oxygens (including phenoxy) is 2. The quantitative estimate of drug-likeness (QED) is 0.823. The Balaban J connectivity index is 2.52. The number of rotatable bonds is 4. The first kappa shape index (κ1) is 11.1. The first-order valence-electron chi connectivity index (χ1n) is 4.34. The fraction of sp³-hybridized carbons (Fsp3) is 0.273. The summed E-state index contributed by atoms with van der Waals surface area (Å²) in [5, 5.41) is 0. The van der Waals surface area contributed by atoms with Crippen LogP contribution in [0.2, 0.25) is 0 Å². The maximum Gasteiger partial charge on any atom is 0.120 e. The third-order valence-electron chi connectivity index (χ3n) is 1.75. The van der Waals surface area contributed by atoms with Gasteiger partial charge < -0.3 is 9.47 Å². The van der Waals surface area contributed by atoms with Crippen molar-refractivity contribution in [3.05, 3.63) is 34.8 Å². The summed E-state index contributed by atoms with van der Waals surface area (Å²) in [6.07, 6.45) is 1.96. The van der Waals surface area contributed by atoms with Crippen LogP contribution in [0.1, 0.15) is 6.92 Å². The molecule has 1 aromatic carbocycles. The van der Waals surface area contributed by atoms with Gasteiger partial charge in [0.2, 0.25) is 0 Å². The van der Waals surface area contributed by atoms with Crippen LogP contribution in [0.4, 0.5) is 0 Å². The second-order valence-corrected chi connectivity index (χ2v) is 3.72. The van der Waals surface area contributed by atoms with Crippen LogP contribution in [0.25, 0.3) is 0 Å². The van der Waals surface area contributed by atoms with E-state index < -0.39 is 0 Å². The van der Waals surface area contributed by atoms with Crippen molar-refractivity contribution in [3.8, 4) is 11.5 Å². The molecule has 0 saturated heterocycles. The maximum absolute atomic E-state index is 5.49. The van der Waals surface area contributed by atoms with Gasteiger partial charge in [-0.05, 0) is 31.2 Å². The average Bonchev–Trinajstić information content (AvgIpc) is 2.26. The Morgan fingerprint density at radius 2 is 1.86 bits per heavy atom. The standard InChI is InChI=1S/C11H13BrO2/c1-3-9(12)8-14-11-6-4-10(13-2)5-7-11/h3-7H,8H2,1-2H3/b9-3-. The number of halogens is 1. The van der Waals surface area contributed by atoms with E-state index in [1.807, 2.05) is 37.3 Å². The van der Waals surface area contributed by atoms with E-state index in [0.29, 0.717) is 6.61 Å². The maximum atomic E-state index is 5.49. The minimum Gasteiger partial charge on any atom is -0.497 e. The minimum absolute atomic E-state index is 0.558. The highest BCUT2D eigenvalue weighted by atomic mass is 79.9. The summed E-state index contributed by atoms with van der Waals surface area (Å²) in [6.45, 7) is 2.52. The third kappa shape index (κ3) is 3.42. The second kappa shape index (κ2) is 5.70. The molecule has 0 N–H and O–H groups in total. The van der Waals surface area contributed by atoms with Crippen molar-refractivity contribution in [2.24, 2.45) is 0 Å². The smallest absolute Gasteiger partial charge is 0.120 e. The lowest BCUT2D eigenvalue weighted by Gasteiger charge is -2.05. The zero-order valence-corrected chi connectivity index (χ0v) is 9.87. The van der Waals surface area contributed by atoms with E-state index in [1.165, 1.54) is 0 Å². The highest BCUT2D eigenvalue weighted by molar-refractivity contribution is 9.11. The average molecular weight is 257 g/mol. The molecule has 0 amide bonds. The van der Waals surface area contributed by atoms with Gasteiger partial charge in [-0.1, -0.05) is 22.0 Å². The second-order valence-electron chi connectivity index (χ2n) is 2.70. The van der Waals surface area contributed by atoms with Crippen LogP contribution in [0.5, 0.6) is 11.5 Å². The summed E-state index contributed by atoms with van der Waals surface area (Å²) in [5.74, 6) is 1.67. The molecule has 0 atom stereocenters. The van der Waals surface area contributed by atoms with Gasteiger partial charge in [0.05, 0.1) is 7.11 Å². The Hall–Kier alpha value is -0.960. The van der Waals surface area contributed by atoms with E-state index >= 15 is 0 Å². The van der Waals surface area contributed by atoms with Gasteiger partial charge in [0.1, 0.15) is 18.1 Å². The fourth-order valence-electron chi connectivity index (χ4n) is 0.908. The van der Waals surface area contributed by atoms with Crippen LogP contribution in [0.3, 0.4) is 0 Å². The van der Waals surface area contributed by atoms with Gasteiger partial charge in [0.15, 0.2) is 0 Å². The molecular weight excluding hydrogens is 244 g/mol. The highest BCUT2D eigenvalue weighted by Gasteiger charge is 1.95. The summed E-state index contributed by atoms with van der Waals surface area (Å²) < 4.78 is 11.6. The molecule has 0 aliphatic heterocycles. The molecule has 0 saturated carbocycles. The van der Waals surface area contributed by atoms with E-state index in [9.17, 15) is 0 Å². The summed E-state index contributed by atoms with van der Waals surface area (Å²) in [5.41, 5.74) is 0. The molecule has 3 heteroatoms. The lowest BCUT2D eigenvalue weighted by Crippen LogP contribution is -1.96. The van der Waals surface area contributed by atoms with Crippen molar-refractivity contribution in [1.82, 2.24) is 0 Å². The zero-order valence-electron chi connectivity index (χ0n) is 8.29. The molecule has 0 aliphatic rings. The van der Waals surface area contributed by atoms with Crippen molar-refractivity contribution in [3.63, 3.8) is 0 Å². The topological polar surface area (TPSA) is 18.5 Å². The van der Waals surface area contributed by atoms with Gasteiger partial charge in [-0.25, -0.2) is 0 Å². The molecule has 0 radical (unpaired) electrons. The minimum atomic E-state index is 0.558. The molecule has 76 valence electrons. The van der Waals surface area contributed by atoms with Crippen molar-refractivity contribution >= 4 is 15.9 Å². The van der Waals surface area contributed by atoms with Gasteiger partial charge in [0.25, 0.3) is 0 Å². The zero-order chi connectivity index (χ0) is 10.4. The molecule has 0 unspecified atom stereocenters. The Morgan fingerprint density at radius 3 is 2.36 bits per heavy atom. The SMILES string of the molecule is C/C=C(\Br)COc1ccc(OC)cc1. The molecule has 0 aromatic heterocycles. The van der Waals surface area contributed by atoms with Crippen molar-refractivity contribution in [1.29, 1.82) is 0 Å². The van der Waals surface area contributed by atoms with E-state index in [0.717, 1.165) is 16.0 Å². The Kier molecular flexibility index (Phi) is 4.53. The van der Waals surface area contributed by atoms with Crippen molar-refractivity contribution in [2.75, 3.05) is 13.7 Å². The predicted octanol–water partition coefficient (Wildman–Crippen LogP) is 3.37. The molecular formula is C11H13BrO2. The number of hydrogen-bond acceptors (Lipinski definition) is 2. The summed E-state index contributed by atoms with van der Waals surface area (Å²) in [7, 11) is 1.65. The Labute approximate surface area is 92.7 Å². The summed E-state index contributed by atoms with van der Waals surface area (Å²) in [4.78, 5) is 0. The van der Waals surface area contributed by atoms with E-state index in [1.54, 1.807) is 7.11 Å².